The van der Waals surface area contributed by atoms with Crippen molar-refractivity contribution in [3.63, 3.8) is 0 Å². The Morgan fingerprint density at radius 3 is 2.41 bits per heavy atom. The smallest absolute Gasteiger partial charge is 0.262 e. The van der Waals surface area contributed by atoms with Crippen LogP contribution in [-0.2, 0) is 11.4 Å². The Labute approximate surface area is 222 Å². The van der Waals surface area contributed by atoms with Crippen LogP contribution >= 0.6 is 23.2 Å². The van der Waals surface area contributed by atoms with E-state index >= 15 is 0 Å². The average Bonchev–Trinajstić information content (AvgIpc) is 3.13. The van der Waals surface area contributed by atoms with E-state index in [-0.39, 0.29) is 22.8 Å². The number of hydrogen-bond acceptors (Lipinski definition) is 6. The van der Waals surface area contributed by atoms with E-state index in [1.165, 1.54) is 11.9 Å². The molecule has 0 atom stereocenters. The average molecular weight is 535 g/mol. The zero-order valence-electron chi connectivity index (χ0n) is 19.9. The number of amides is 3. The van der Waals surface area contributed by atoms with Gasteiger partial charge in [0.1, 0.15) is 24.4 Å². The molecule has 10 heteroatoms. The van der Waals surface area contributed by atoms with E-state index in [9.17, 15) is 14.4 Å². The van der Waals surface area contributed by atoms with Crippen molar-refractivity contribution in [3.8, 4) is 5.75 Å². The maximum atomic E-state index is 13.1. The van der Waals surface area contributed by atoms with Crippen molar-refractivity contribution in [1.82, 2.24) is 14.9 Å². The Balaban J connectivity index is 1.35. The number of imide groups is 1. The van der Waals surface area contributed by atoms with E-state index in [0.29, 0.717) is 33.1 Å². The minimum absolute atomic E-state index is 0.0145. The predicted molar refractivity (Wildman–Crippen MR) is 140 cm³/mol. The van der Waals surface area contributed by atoms with Crippen molar-refractivity contribution < 1.29 is 19.1 Å². The normalized spacial score (nSPS) is 12.7. The SMILES string of the molecule is Cc1cnc2c(OCc3c(Cl)ccc(N(C)C(=O)CN4C(=O)c5ccccc5C4=O)c3Cl)cccc2n1. The molecular weight excluding hydrogens is 515 g/mol. The Hall–Kier alpha value is -4.01. The third-order valence-corrected chi connectivity index (χ3v) is 6.88. The molecule has 3 amide bonds. The Kier molecular flexibility index (Phi) is 6.54. The van der Waals surface area contributed by atoms with Gasteiger partial charge in [-0.1, -0.05) is 41.4 Å². The van der Waals surface area contributed by atoms with Crippen LogP contribution in [0.4, 0.5) is 5.69 Å². The molecule has 3 aromatic carbocycles. The number of aryl methyl sites for hydroxylation is 1. The van der Waals surface area contributed by atoms with Crippen molar-refractivity contribution in [3.05, 3.63) is 93.2 Å². The second kappa shape index (κ2) is 9.80. The van der Waals surface area contributed by atoms with Crippen LogP contribution in [0.1, 0.15) is 32.0 Å². The molecule has 0 aliphatic carbocycles. The van der Waals surface area contributed by atoms with Crippen molar-refractivity contribution in [1.29, 1.82) is 0 Å². The number of para-hydroxylation sites is 1. The van der Waals surface area contributed by atoms with Gasteiger partial charge in [0.25, 0.3) is 11.8 Å². The zero-order chi connectivity index (χ0) is 26.3. The quantitative estimate of drug-likeness (QED) is 0.320. The number of fused-ring (bicyclic) bond motifs is 2. The summed E-state index contributed by atoms with van der Waals surface area (Å²) >= 11 is 13.1. The number of halogens is 2. The standard InChI is InChI=1S/C27H20Cl2N4O4/c1-15-12-30-25-20(31-15)8-5-9-22(25)37-14-18-19(28)10-11-21(24(18)29)32(2)23(34)13-33-26(35)16-6-3-4-7-17(16)27(33)36/h3-12H,13-14H2,1-2H3. The number of anilines is 1. The monoisotopic (exact) mass is 534 g/mol. The minimum Gasteiger partial charge on any atom is -0.486 e. The molecule has 0 saturated heterocycles. The van der Waals surface area contributed by atoms with Gasteiger partial charge in [-0.3, -0.25) is 19.3 Å². The minimum atomic E-state index is -0.507. The summed E-state index contributed by atoms with van der Waals surface area (Å²) in [4.78, 5) is 49.5. The van der Waals surface area contributed by atoms with Gasteiger partial charge < -0.3 is 9.64 Å². The van der Waals surface area contributed by atoms with Gasteiger partial charge in [-0.25, -0.2) is 9.97 Å². The van der Waals surface area contributed by atoms with Crippen LogP contribution in [0.25, 0.3) is 11.0 Å². The lowest BCUT2D eigenvalue weighted by molar-refractivity contribution is -0.118. The van der Waals surface area contributed by atoms with Gasteiger partial charge in [-0.15, -0.1) is 0 Å². The lowest BCUT2D eigenvalue weighted by Crippen LogP contribution is -2.41. The molecule has 0 fully saturated rings. The summed E-state index contributed by atoms with van der Waals surface area (Å²) < 4.78 is 6.00. The maximum absolute atomic E-state index is 13.1. The van der Waals surface area contributed by atoms with Crippen LogP contribution in [0.3, 0.4) is 0 Å². The molecule has 0 radical (unpaired) electrons. The lowest BCUT2D eigenvalue weighted by atomic mass is 10.1. The van der Waals surface area contributed by atoms with Crippen LogP contribution in [0.2, 0.25) is 10.0 Å². The molecule has 186 valence electrons. The van der Waals surface area contributed by atoms with Gasteiger partial charge in [0.2, 0.25) is 5.91 Å². The number of rotatable bonds is 6. The van der Waals surface area contributed by atoms with Crippen molar-refractivity contribution in [2.75, 3.05) is 18.5 Å². The second-order valence-electron chi connectivity index (χ2n) is 8.48. The molecule has 8 nitrogen and oxygen atoms in total. The second-order valence-corrected chi connectivity index (χ2v) is 9.26. The molecule has 1 aliphatic rings. The molecule has 5 rings (SSSR count). The summed E-state index contributed by atoms with van der Waals surface area (Å²) in [5.74, 6) is -0.998. The predicted octanol–water partition coefficient (Wildman–Crippen LogP) is 5.08. The number of hydrogen-bond donors (Lipinski definition) is 0. The molecule has 0 bridgehead atoms. The van der Waals surface area contributed by atoms with Gasteiger partial charge in [-0.05, 0) is 43.3 Å². The largest absolute Gasteiger partial charge is 0.486 e. The first-order valence-electron chi connectivity index (χ1n) is 11.3. The molecule has 0 spiro atoms. The number of benzene rings is 3. The zero-order valence-corrected chi connectivity index (χ0v) is 21.4. The number of nitrogens with zero attached hydrogens (tertiary/aromatic N) is 4. The fourth-order valence-corrected chi connectivity index (χ4v) is 4.72. The summed E-state index contributed by atoms with van der Waals surface area (Å²) in [5.41, 5.74) is 3.47. The number of carbonyl (C=O) groups is 3. The summed E-state index contributed by atoms with van der Waals surface area (Å²) in [7, 11) is 1.52. The fourth-order valence-electron chi connectivity index (χ4n) is 4.11. The Morgan fingerprint density at radius 1 is 1.00 bits per heavy atom. The van der Waals surface area contributed by atoms with E-state index < -0.39 is 24.3 Å². The summed E-state index contributed by atoms with van der Waals surface area (Å²) in [6, 6.07) is 15.1. The highest BCUT2D eigenvalue weighted by molar-refractivity contribution is 6.38. The van der Waals surface area contributed by atoms with Crippen molar-refractivity contribution in [2.45, 2.75) is 13.5 Å². The molecule has 0 N–H and O–H groups in total. The highest BCUT2D eigenvalue weighted by Crippen LogP contribution is 2.35. The summed E-state index contributed by atoms with van der Waals surface area (Å²) in [6.07, 6.45) is 1.66. The van der Waals surface area contributed by atoms with E-state index in [0.717, 1.165) is 10.6 Å². The van der Waals surface area contributed by atoms with Crippen LogP contribution in [0.15, 0.2) is 60.8 Å². The first-order valence-corrected chi connectivity index (χ1v) is 12.1. The van der Waals surface area contributed by atoms with E-state index in [1.807, 2.05) is 19.1 Å². The fraction of sp³-hybridized carbons (Fsp3) is 0.148. The summed E-state index contributed by atoms with van der Waals surface area (Å²) in [6.45, 7) is 1.44. The number of ether oxygens (including phenoxy) is 1. The third-order valence-electron chi connectivity index (χ3n) is 6.10. The van der Waals surface area contributed by atoms with E-state index in [1.54, 1.807) is 48.7 Å². The van der Waals surface area contributed by atoms with Crippen LogP contribution < -0.4 is 9.64 Å². The highest BCUT2D eigenvalue weighted by atomic mass is 35.5. The highest BCUT2D eigenvalue weighted by Gasteiger charge is 2.37. The first kappa shape index (κ1) is 24.7. The molecule has 1 aliphatic heterocycles. The topological polar surface area (TPSA) is 92.7 Å². The van der Waals surface area contributed by atoms with Gasteiger partial charge in [0.05, 0.1) is 33.0 Å². The molecule has 4 aromatic rings. The maximum Gasteiger partial charge on any atom is 0.262 e. The molecule has 37 heavy (non-hydrogen) atoms. The molecule has 0 unspecified atom stereocenters. The van der Waals surface area contributed by atoms with Crippen molar-refractivity contribution in [2.24, 2.45) is 0 Å². The van der Waals surface area contributed by atoms with E-state index in [2.05, 4.69) is 9.97 Å². The Morgan fingerprint density at radius 2 is 1.70 bits per heavy atom. The third kappa shape index (κ3) is 4.50. The molecular formula is C27H20Cl2N4O4. The van der Waals surface area contributed by atoms with E-state index in [4.69, 9.17) is 27.9 Å². The molecule has 1 aromatic heterocycles. The van der Waals surface area contributed by atoms with Crippen molar-refractivity contribution >= 4 is 57.6 Å². The first-order chi connectivity index (χ1) is 17.8. The van der Waals surface area contributed by atoms with Gasteiger partial charge in [-0.2, -0.15) is 0 Å². The van der Waals surface area contributed by atoms with Gasteiger partial charge in [0.15, 0.2) is 0 Å². The number of aromatic nitrogens is 2. The molecule has 2 heterocycles. The molecule has 0 saturated carbocycles. The summed E-state index contributed by atoms with van der Waals surface area (Å²) in [5, 5.41) is 0.574. The van der Waals surface area contributed by atoms with Gasteiger partial charge >= 0.3 is 0 Å². The van der Waals surface area contributed by atoms with Crippen LogP contribution in [0, 0.1) is 6.92 Å². The van der Waals surface area contributed by atoms with Crippen LogP contribution in [-0.4, -0.2) is 46.2 Å². The number of carbonyl (C=O) groups excluding carboxylic acids is 3. The number of likely N-dealkylation sites (N-methyl/N-ethyl adjacent to an activating group) is 1. The Bertz CT molecular complexity index is 1560. The lowest BCUT2D eigenvalue weighted by Gasteiger charge is -2.23. The van der Waals surface area contributed by atoms with Crippen LogP contribution in [0.5, 0.6) is 5.75 Å². The van der Waals surface area contributed by atoms with Gasteiger partial charge in [0, 0.05) is 23.8 Å².